The molecule has 2 amide bonds. The molecule has 0 unspecified atom stereocenters. The van der Waals surface area contributed by atoms with Gasteiger partial charge in [0.25, 0.3) is 5.91 Å². The highest BCUT2D eigenvalue weighted by Gasteiger charge is 2.30. The third-order valence-corrected chi connectivity index (χ3v) is 4.75. The highest BCUT2D eigenvalue weighted by atomic mass is 16.5. The summed E-state index contributed by atoms with van der Waals surface area (Å²) in [5.41, 5.74) is 2.22. The van der Waals surface area contributed by atoms with Crippen LogP contribution >= 0.6 is 0 Å². The molecule has 1 heterocycles. The van der Waals surface area contributed by atoms with E-state index in [0.717, 1.165) is 4.90 Å². The predicted molar refractivity (Wildman–Crippen MR) is 104 cm³/mol. The van der Waals surface area contributed by atoms with E-state index in [1.165, 1.54) is 14.0 Å². The van der Waals surface area contributed by atoms with Crippen LogP contribution in [0.3, 0.4) is 0 Å². The summed E-state index contributed by atoms with van der Waals surface area (Å²) in [6.45, 7) is 1.33. The average Bonchev–Trinajstić information content (AvgIpc) is 2.71. The van der Waals surface area contributed by atoms with Crippen LogP contribution in [0, 0.1) is 0 Å². The van der Waals surface area contributed by atoms with Crippen LogP contribution in [0.1, 0.15) is 45.2 Å². The zero-order valence-electron chi connectivity index (χ0n) is 16.3. The van der Waals surface area contributed by atoms with Gasteiger partial charge in [-0.05, 0) is 36.8 Å². The third-order valence-electron chi connectivity index (χ3n) is 4.75. The van der Waals surface area contributed by atoms with Gasteiger partial charge >= 0.3 is 5.97 Å². The number of hydrogen-bond acceptors (Lipinski definition) is 6. The molecule has 0 bridgehead atoms. The van der Waals surface area contributed by atoms with Gasteiger partial charge in [0.05, 0.1) is 20.0 Å². The molecule has 0 atom stereocenters. The lowest BCUT2D eigenvalue weighted by Gasteiger charge is -2.26. The summed E-state index contributed by atoms with van der Waals surface area (Å²) in [6.07, 6.45) is 0.0142. The van der Waals surface area contributed by atoms with Crippen LogP contribution in [0.25, 0.3) is 0 Å². The number of rotatable bonds is 7. The molecule has 2 aromatic carbocycles. The van der Waals surface area contributed by atoms with E-state index in [1.54, 1.807) is 42.5 Å². The molecule has 0 aromatic heterocycles. The average molecular weight is 395 g/mol. The standard InChI is InChI=1S/C22H21NO6/c1-14(24)15-7-8-19(28-2)17(11-15)13-29-21(26)9-10-23-20(25)12-16-5-3-4-6-18(16)22(23)27/h3-8,11H,9-10,12-13H2,1-2H3. The van der Waals surface area contributed by atoms with Gasteiger partial charge in [-0.15, -0.1) is 0 Å². The van der Waals surface area contributed by atoms with E-state index in [1.807, 2.05) is 0 Å². The molecular formula is C22H21NO6. The highest BCUT2D eigenvalue weighted by molar-refractivity contribution is 6.09. The maximum Gasteiger partial charge on any atom is 0.307 e. The van der Waals surface area contributed by atoms with Crippen LogP contribution < -0.4 is 4.74 Å². The van der Waals surface area contributed by atoms with Crippen molar-refractivity contribution >= 4 is 23.6 Å². The minimum atomic E-state index is -0.556. The van der Waals surface area contributed by atoms with Crippen LogP contribution in [0.4, 0.5) is 0 Å². The Kier molecular flexibility index (Phi) is 6.07. The monoisotopic (exact) mass is 395 g/mol. The summed E-state index contributed by atoms with van der Waals surface area (Å²) in [4.78, 5) is 49.5. The first kappa shape index (κ1) is 20.3. The Balaban J connectivity index is 1.60. The second-order valence-electron chi connectivity index (χ2n) is 6.68. The van der Waals surface area contributed by atoms with Crippen LogP contribution in [-0.4, -0.2) is 42.1 Å². The molecule has 0 spiro atoms. The fourth-order valence-electron chi connectivity index (χ4n) is 3.17. The number of methoxy groups -OCH3 is 1. The lowest BCUT2D eigenvalue weighted by molar-refractivity contribution is -0.145. The Morgan fingerprint density at radius 2 is 1.86 bits per heavy atom. The Morgan fingerprint density at radius 1 is 1.10 bits per heavy atom. The first-order chi connectivity index (χ1) is 13.9. The van der Waals surface area contributed by atoms with Crippen molar-refractivity contribution in [1.29, 1.82) is 0 Å². The zero-order chi connectivity index (χ0) is 21.0. The number of ketones is 1. The molecule has 0 saturated heterocycles. The maximum absolute atomic E-state index is 12.5. The number of carbonyl (C=O) groups is 4. The van der Waals surface area contributed by atoms with Crippen LogP contribution in [0.15, 0.2) is 42.5 Å². The van der Waals surface area contributed by atoms with Gasteiger partial charge in [-0.1, -0.05) is 18.2 Å². The highest BCUT2D eigenvalue weighted by Crippen LogP contribution is 2.22. The van der Waals surface area contributed by atoms with Gasteiger partial charge in [0.1, 0.15) is 12.4 Å². The second-order valence-corrected chi connectivity index (χ2v) is 6.68. The lowest BCUT2D eigenvalue weighted by Crippen LogP contribution is -2.43. The predicted octanol–water partition coefficient (Wildman–Crippen LogP) is 2.56. The first-order valence-electron chi connectivity index (χ1n) is 9.16. The summed E-state index contributed by atoms with van der Waals surface area (Å²) < 4.78 is 10.5. The van der Waals surface area contributed by atoms with E-state index in [-0.39, 0.29) is 37.7 Å². The number of esters is 1. The summed E-state index contributed by atoms with van der Waals surface area (Å²) in [5.74, 6) is -0.902. The van der Waals surface area contributed by atoms with Crippen molar-refractivity contribution in [2.24, 2.45) is 0 Å². The van der Waals surface area contributed by atoms with E-state index in [4.69, 9.17) is 9.47 Å². The molecule has 7 nitrogen and oxygen atoms in total. The normalized spacial score (nSPS) is 13.1. The van der Waals surface area contributed by atoms with Crippen molar-refractivity contribution in [3.63, 3.8) is 0 Å². The molecule has 0 aliphatic carbocycles. The van der Waals surface area contributed by atoms with Crippen LogP contribution in [-0.2, 0) is 27.4 Å². The minimum Gasteiger partial charge on any atom is -0.496 e. The van der Waals surface area contributed by atoms with Crippen molar-refractivity contribution in [2.75, 3.05) is 13.7 Å². The van der Waals surface area contributed by atoms with Gasteiger partial charge in [0, 0.05) is 23.2 Å². The summed E-state index contributed by atoms with van der Waals surface area (Å²) in [5, 5.41) is 0. The fraction of sp³-hybridized carbons (Fsp3) is 0.273. The van der Waals surface area contributed by atoms with Crippen molar-refractivity contribution < 1.29 is 28.7 Å². The molecule has 0 N–H and O–H groups in total. The summed E-state index contributed by atoms with van der Waals surface area (Å²) in [7, 11) is 1.49. The van der Waals surface area contributed by atoms with E-state index in [0.29, 0.717) is 28.0 Å². The molecule has 1 aliphatic rings. The molecule has 0 saturated carbocycles. The van der Waals surface area contributed by atoms with Gasteiger partial charge in [0.2, 0.25) is 5.91 Å². The smallest absolute Gasteiger partial charge is 0.307 e. The van der Waals surface area contributed by atoms with Gasteiger partial charge in [-0.25, -0.2) is 0 Å². The van der Waals surface area contributed by atoms with Crippen LogP contribution in [0.2, 0.25) is 0 Å². The zero-order valence-corrected chi connectivity index (χ0v) is 16.3. The summed E-state index contributed by atoms with van der Waals surface area (Å²) in [6, 6.07) is 11.8. The first-order valence-corrected chi connectivity index (χ1v) is 9.16. The quantitative estimate of drug-likeness (QED) is 0.407. The topological polar surface area (TPSA) is 90.0 Å². The molecule has 2 aromatic rings. The lowest BCUT2D eigenvalue weighted by atomic mass is 9.98. The van der Waals surface area contributed by atoms with Gasteiger partial charge in [0.15, 0.2) is 5.78 Å². The van der Waals surface area contributed by atoms with Crippen LogP contribution in [0.5, 0.6) is 5.75 Å². The molecule has 1 aliphatic heterocycles. The van der Waals surface area contributed by atoms with Crippen molar-refractivity contribution in [3.05, 3.63) is 64.7 Å². The van der Waals surface area contributed by atoms with Crippen molar-refractivity contribution in [3.8, 4) is 5.75 Å². The number of Topliss-reactive ketones (excluding diaryl/α,β-unsaturated/α-hetero) is 1. The molecule has 150 valence electrons. The third kappa shape index (κ3) is 4.51. The molecule has 3 rings (SSSR count). The van der Waals surface area contributed by atoms with E-state index < -0.39 is 11.9 Å². The van der Waals surface area contributed by atoms with E-state index >= 15 is 0 Å². The maximum atomic E-state index is 12.5. The number of amides is 2. The number of imide groups is 1. The second kappa shape index (κ2) is 8.68. The Hall–Kier alpha value is -3.48. The number of nitrogens with zero attached hydrogens (tertiary/aromatic N) is 1. The molecule has 7 heteroatoms. The number of hydrogen-bond donors (Lipinski definition) is 0. The molecule has 0 radical (unpaired) electrons. The largest absolute Gasteiger partial charge is 0.496 e. The number of ether oxygens (including phenoxy) is 2. The van der Waals surface area contributed by atoms with E-state index in [9.17, 15) is 19.2 Å². The van der Waals surface area contributed by atoms with Gasteiger partial charge < -0.3 is 9.47 Å². The molecule has 0 fully saturated rings. The number of carbonyl (C=O) groups excluding carboxylic acids is 4. The minimum absolute atomic E-state index is 0.0462. The fourth-order valence-corrected chi connectivity index (χ4v) is 3.17. The van der Waals surface area contributed by atoms with Gasteiger partial charge in [-0.2, -0.15) is 0 Å². The van der Waals surface area contributed by atoms with Gasteiger partial charge in [-0.3, -0.25) is 24.1 Å². The van der Waals surface area contributed by atoms with E-state index in [2.05, 4.69) is 0 Å². The molecular weight excluding hydrogens is 374 g/mol. The number of fused-ring (bicyclic) bond motifs is 1. The Morgan fingerprint density at radius 3 is 2.59 bits per heavy atom. The summed E-state index contributed by atoms with van der Waals surface area (Å²) >= 11 is 0. The number of benzene rings is 2. The van der Waals surface area contributed by atoms with Crippen molar-refractivity contribution in [1.82, 2.24) is 4.90 Å². The Labute approximate surface area is 168 Å². The molecule has 29 heavy (non-hydrogen) atoms. The SMILES string of the molecule is COc1ccc(C(C)=O)cc1COC(=O)CCN1C(=O)Cc2ccccc2C1=O. The van der Waals surface area contributed by atoms with Crippen molar-refractivity contribution in [2.45, 2.75) is 26.4 Å². The Bertz CT molecular complexity index is 981.